The summed E-state index contributed by atoms with van der Waals surface area (Å²) in [5, 5.41) is 19.4. The van der Waals surface area contributed by atoms with Crippen molar-refractivity contribution >= 4 is 35.2 Å². The van der Waals surface area contributed by atoms with Crippen LogP contribution in [-0.4, -0.2) is 38.1 Å². The van der Waals surface area contributed by atoms with E-state index in [9.17, 15) is 27.9 Å². The molecule has 3 aromatic rings. The van der Waals surface area contributed by atoms with Crippen LogP contribution in [0.3, 0.4) is 0 Å². The molecule has 0 spiro atoms. The molecule has 0 saturated heterocycles. The van der Waals surface area contributed by atoms with Crippen LogP contribution in [0.1, 0.15) is 72.9 Å². The van der Waals surface area contributed by atoms with Crippen LogP contribution in [0.4, 0.5) is 23.7 Å². The second kappa shape index (κ2) is 11.9. The Bertz CT molecular complexity index is 1450. The van der Waals surface area contributed by atoms with Crippen molar-refractivity contribution in [1.82, 2.24) is 14.8 Å². The van der Waals surface area contributed by atoms with Gasteiger partial charge in [-0.25, -0.2) is 9.48 Å². The Balaban J connectivity index is 2.17. The van der Waals surface area contributed by atoms with E-state index in [0.29, 0.717) is 40.1 Å². The molecule has 1 aromatic carbocycles. The van der Waals surface area contributed by atoms with E-state index >= 15 is 0 Å². The summed E-state index contributed by atoms with van der Waals surface area (Å²) in [6.45, 7) is 10.0. The minimum atomic E-state index is -4.78. The summed E-state index contributed by atoms with van der Waals surface area (Å²) >= 11 is 1.15. The van der Waals surface area contributed by atoms with Gasteiger partial charge in [-0.15, -0.1) is 0 Å². The van der Waals surface area contributed by atoms with Gasteiger partial charge in [-0.05, 0) is 43.7 Å². The minimum absolute atomic E-state index is 0.205. The third-order valence-corrected chi connectivity index (χ3v) is 6.73. The number of hydrazone groups is 1. The third kappa shape index (κ3) is 7.59. The number of carbonyl (C=O) groups is 2. The molecule has 0 fully saturated rings. The molecule has 3 rings (SSSR count). The SMILES string of the molecule is CCCCn1nc(C(C)(C)C)s/c1=N\C(=O)c1cc(C(F)(F)F)ccc1N(/N=C/c1cccc(C)n1)C(=O)O. The normalized spacial score (nSPS) is 12.8. The smallest absolute Gasteiger partial charge is 0.432 e. The third-order valence-electron chi connectivity index (χ3n) is 5.36. The average molecular weight is 563 g/mol. The Hall–Kier alpha value is -3.87. The van der Waals surface area contributed by atoms with Crippen molar-refractivity contribution in [1.29, 1.82) is 0 Å². The van der Waals surface area contributed by atoms with Gasteiger partial charge in [-0.2, -0.15) is 33.4 Å². The predicted octanol–water partition coefficient (Wildman–Crippen LogP) is 6.02. The molecule has 208 valence electrons. The fourth-order valence-corrected chi connectivity index (χ4v) is 4.32. The van der Waals surface area contributed by atoms with Crippen molar-refractivity contribution in [3.8, 4) is 0 Å². The first-order valence-corrected chi connectivity index (χ1v) is 12.9. The lowest BCUT2D eigenvalue weighted by Crippen LogP contribution is -2.26. The van der Waals surface area contributed by atoms with E-state index in [2.05, 4.69) is 20.2 Å². The molecule has 0 aliphatic rings. The molecule has 2 amide bonds. The van der Waals surface area contributed by atoms with Gasteiger partial charge in [0.05, 0.1) is 28.7 Å². The molecule has 0 aliphatic heterocycles. The predicted molar refractivity (Wildman–Crippen MR) is 142 cm³/mol. The van der Waals surface area contributed by atoms with Crippen LogP contribution in [-0.2, 0) is 18.1 Å². The molecule has 0 atom stereocenters. The number of hydrogen-bond donors (Lipinski definition) is 1. The second-order valence-electron chi connectivity index (χ2n) is 9.71. The molecule has 0 aliphatic carbocycles. The topological polar surface area (TPSA) is 113 Å². The number of alkyl halides is 3. The molecule has 9 nitrogen and oxygen atoms in total. The molecule has 0 unspecified atom stereocenters. The fraction of sp³-hybridized carbons (Fsp3) is 0.385. The average Bonchev–Trinajstić information content (AvgIpc) is 3.25. The zero-order valence-corrected chi connectivity index (χ0v) is 23.0. The lowest BCUT2D eigenvalue weighted by atomic mass is 9.98. The number of rotatable bonds is 7. The number of nitrogens with zero attached hydrogens (tertiary/aromatic N) is 6. The van der Waals surface area contributed by atoms with Gasteiger partial charge in [-0.1, -0.05) is 51.5 Å². The highest BCUT2D eigenvalue weighted by Crippen LogP contribution is 2.33. The summed E-state index contributed by atoms with van der Waals surface area (Å²) in [6, 6.07) is 7.16. The zero-order chi connectivity index (χ0) is 29.0. The second-order valence-corrected chi connectivity index (χ2v) is 10.7. The number of halogens is 3. The quantitative estimate of drug-likeness (QED) is 0.279. The Morgan fingerprint density at radius 1 is 1.18 bits per heavy atom. The number of carbonyl (C=O) groups excluding carboxylic acids is 1. The van der Waals surface area contributed by atoms with E-state index < -0.39 is 29.3 Å². The Kier molecular flexibility index (Phi) is 9.05. The molecule has 13 heteroatoms. The highest BCUT2D eigenvalue weighted by atomic mass is 32.1. The summed E-state index contributed by atoms with van der Waals surface area (Å²) in [7, 11) is 0. The van der Waals surface area contributed by atoms with Crippen molar-refractivity contribution in [3.05, 3.63) is 68.7 Å². The molecule has 0 saturated carbocycles. The number of amides is 2. The van der Waals surface area contributed by atoms with Gasteiger partial charge in [0.1, 0.15) is 5.01 Å². The van der Waals surface area contributed by atoms with Crippen molar-refractivity contribution < 1.29 is 27.9 Å². The number of aromatic nitrogens is 3. The molecule has 39 heavy (non-hydrogen) atoms. The molecule has 1 N–H and O–H groups in total. The molecule has 2 aromatic heterocycles. The molecule has 0 radical (unpaired) electrons. The highest BCUT2D eigenvalue weighted by Gasteiger charge is 2.33. The summed E-state index contributed by atoms with van der Waals surface area (Å²) in [5.74, 6) is -1.06. The number of carboxylic acid groups (broad SMARTS) is 1. The van der Waals surface area contributed by atoms with Crippen molar-refractivity contribution in [3.63, 3.8) is 0 Å². The van der Waals surface area contributed by atoms with E-state index in [1.54, 1.807) is 29.8 Å². The lowest BCUT2D eigenvalue weighted by molar-refractivity contribution is -0.137. The first-order valence-electron chi connectivity index (χ1n) is 12.1. The minimum Gasteiger partial charge on any atom is -0.463 e. The summed E-state index contributed by atoms with van der Waals surface area (Å²) < 4.78 is 42.3. The molecule has 0 bridgehead atoms. The zero-order valence-electron chi connectivity index (χ0n) is 22.2. The highest BCUT2D eigenvalue weighted by molar-refractivity contribution is 7.09. The fourth-order valence-electron chi connectivity index (χ4n) is 3.33. The summed E-state index contributed by atoms with van der Waals surface area (Å²) in [5.41, 5.74) is -1.46. The molecular formula is C26H29F3N6O3S. The van der Waals surface area contributed by atoms with Gasteiger partial charge < -0.3 is 5.11 Å². The standard InChI is InChI=1S/C26H29F3N6O3S/c1-6-7-13-34-23(39-22(33-34)25(3,4)5)32-21(36)19-14-17(26(27,28)29)11-12-20(19)35(24(37)38)30-15-18-10-8-9-16(2)31-18/h8-12,14-15H,6-7,13H2,1-5H3,(H,37,38)/b30-15+,32-23-. The van der Waals surface area contributed by atoms with Crippen LogP contribution in [0, 0.1) is 6.92 Å². The van der Waals surface area contributed by atoms with Crippen LogP contribution < -0.4 is 9.81 Å². The maximum atomic E-state index is 13.6. The van der Waals surface area contributed by atoms with Crippen LogP contribution in [0.25, 0.3) is 0 Å². The monoisotopic (exact) mass is 562 g/mol. The van der Waals surface area contributed by atoms with Crippen molar-refractivity contribution in [2.24, 2.45) is 10.1 Å². The number of anilines is 1. The molecular weight excluding hydrogens is 533 g/mol. The van der Waals surface area contributed by atoms with E-state index in [1.807, 2.05) is 27.7 Å². The van der Waals surface area contributed by atoms with Gasteiger partial charge in [-0.3, -0.25) is 9.78 Å². The van der Waals surface area contributed by atoms with Crippen molar-refractivity contribution in [2.75, 3.05) is 5.01 Å². The van der Waals surface area contributed by atoms with Gasteiger partial charge >= 0.3 is 12.3 Å². The van der Waals surface area contributed by atoms with Gasteiger partial charge in [0.15, 0.2) is 0 Å². The Labute approximate surface area is 227 Å². The Morgan fingerprint density at radius 3 is 2.49 bits per heavy atom. The number of hydrogen-bond acceptors (Lipinski definition) is 6. The van der Waals surface area contributed by atoms with Gasteiger partial charge in [0, 0.05) is 17.7 Å². The maximum absolute atomic E-state index is 13.6. The van der Waals surface area contributed by atoms with E-state index in [4.69, 9.17) is 0 Å². The van der Waals surface area contributed by atoms with Crippen LogP contribution in [0.15, 0.2) is 46.5 Å². The number of benzene rings is 1. The number of aryl methyl sites for hydroxylation is 2. The number of unbranched alkanes of at least 4 members (excludes halogenated alkanes) is 1. The first kappa shape index (κ1) is 29.7. The van der Waals surface area contributed by atoms with Crippen LogP contribution in [0.2, 0.25) is 0 Å². The first-order chi connectivity index (χ1) is 18.2. The van der Waals surface area contributed by atoms with Crippen molar-refractivity contribution in [2.45, 2.75) is 65.6 Å². The lowest BCUT2D eigenvalue weighted by Gasteiger charge is -2.17. The van der Waals surface area contributed by atoms with E-state index in [-0.39, 0.29) is 15.9 Å². The van der Waals surface area contributed by atoms with Crippen LogP contribution >= 0.6 is 11.3 Å². The van der Waals surface area contributed by atoms with Gasteiger partial charge in [0.2, 0.25) is 4.80 Å². The number of pyridine rings is 1. The Morgan fingerprint density at radius 2 is 1.90 bits per heavy atom. The molecule has 2 heterocycles. The maximum Gasteiger partial charge on any atom is 0.432 e. The summed E-state index contributed by atoms with van der Waals surface area (Å²) in [6.07, 6.45) is -3.65. The van der Waals surface area contributed by atoms with Crippen LogP contribution in [0.5, 0.6) is 0 Å². The largest absolute Gasteiger partial charge is 0.463 e. The van der Waals surface area contributed by atoms with Gasteiger partial charge in [0.25, 0.3) is 5.91 Å². The van der Waals surface area contributed by atoms with E-state index in [1.165, 1.54) is 0 Å². The van der Waals surface area contributed by atoms with E-state index in [0.717, 1.165) is 36.5 Å². The summed E-state index contributed by atoms with van der Waals surface area (Å²) in [4.78, 5) is 34.0.